The summed E-state index contributed by atoms with van der Waals surface area (Å²) < 4.78 is 0. The summed E-state index contributed by atoms with van der Waals surface area (Å²) in [6.07, 6.45) is 3.35. The van der Waals surface area contributed by atoms with E-state index in [1.165, 1.54) is 0 Å². The zero-order valence-corrected chi connectivity index (χ0v) is 11.6. The fourth-order valence-corrected chi connectivity index (χ4v) is 2.62. The molecule has 1 heterocycles. The largest absolute Gasteiger partial charge is 0.340 e. The van der Waals surface area contributed by atoms with Crippen LogP contribution < -0.4 is 5.32 Å². The lowest BCUT2D eigenvalue weighted by Crippen LogP contribution is -2.52. The van der Waals surface area contributed by atoms with Gasteiger partial charge in [-0.1, -0.05) is 6.92 Å². The predicted octanol–water partition coefficient (Wildman–Crippen LogP) is 1.42. The van der Waals surface area contributed by atoms with Crippen LogP contribution in [0.25, 0.3) is 0 Å². The maximum absolute atomic E-state index is 12.7. The second-order valence-corrected chi connectivity index (χ2v) is 5.02. The van der Waals surface area contributed by atoms with Gasteiger partial charge in [-0.05, 0) is 25.8 Å². The van der Waals surface area contributed by atoms with Crippen molar-refractivity contribution < 1.29 is 4.79 Å². The molecule has 0 saturated carbocycles. The number of nitriles is 2. The first kappa shape index (κ1) is 15.5. The van der Waals surface area contributed by atoms with Crippen molar-refractivity contribution in [1.29, 1.82) is 10.5 Å². The summed E-state index contributed by atoms with van der Waals surface area (Å²) >= 11 is 0. The first-order chi connectivity index (χ1) is 9.20. The van der Waals surface area contributed by atoms with E-state index in [2.05, 4.69) is 17.5 Å². The lowest BCUT2D eigenvalue weighted by molar-refractivity contribution is -0.143. The van der Waals surface area contributed by atoms with Crippen LogP contribution in [-0.4, -0.2) is 37.0 Å². The molecular formula is C14H22N4O. The third kappa shape index (κ3) is 3.94. The summed E-state index contributed by atoms with van der Waals surface area (Å²) in [4.78, 5) is 14.4. The van der Waals surface area contributed by atoms with Crippen LogP contribution >= 0.6 is 0 Å². The summed E-state index contributed by atoms with van der Waals surface area (Å²) in [5.41, 5.74) is -0.344. The molecule has 1 rings (SSSR count). The molecule has 0 aromatic rings. The van der Waals surface area contributed by atoms with E-state index in [4.69, 9.17) is 10.5 Å². The normalized spacial score (nSPS) is 22.3. The van der Waals surface area contributed by atoms with Crippen molar-refractivity contribution >= 4 is 5.91 Å². The van der Waals surface area contributed by atoms with E-state index in [1.807, 2.05) is 6.92 Å². The standard InChI is InChI=1S/C14H22N4O/c1-2-14(6-3-9-17-12-14)13(19)18(10-4-7-15)11-5-8-16/h17H,2-6,9-12H2,1H3. The van der Waals surface area contributed by atoms with Crippen molar-refractivity contribution in [2.24, 2.45) is 5.41 Å². The van der Waals surface area contributed by atoms with Gasteiger partial charge >= 0.3 is 0 Å². The van der Waals surface area contributed by atoms with E-state index >= 15 is 0 Å². The molecule has 1 fully saturated rings. The maximum atomic E-state index is 12.7. The highest BCUT2D eigenvalue weighted by Crippen LogP contribution is 2.32. The van der Waals surface area contributed by atoms with Gasteiger partial charge in [-0.3, -0.25) is 4.79 Å². The Morgan fingerprint density at radius 3 is 2.37 bits per heavy atom. The number of piperidine rings is 1. The van der Waals surface area contributed by atoms with Crippen LogP contribution in [0.15, 0.2) is 0 Å². The predicted molar refractivity (Wildman–Crippen MR) is 71.9 cm³/mol. The SMILES string of the molecule is CCC1(C(=O)N(CCC#N)CCC#N)CCCNC1. The number of rotatable bonds is 6. The lowest BCUT2D eigenvalue weighted by Gasteiger charge is -2.39. The van der Waals surface area contributed by atoms with Crippen molar-refractivity contribution in [2.45, 2.75) is 39.0 Å². The van der Waals surface area contributed by atoms with Crippen LogP contribution in [0, 0.1) is 28.1 Å². The summed E-state index contributed by atoms with van der Waals surface area (Å²) in [5.74, 6) is 0.104. The molecule has 1 amide bonds. The first-order valence-electron chi connectivity index (χ1n) is 6.94. The summed E-state index contributed by atoms with van der Waals surface area (Å²) in [5, 5.41) is 20.7. The molecule has 0 bridgehead atoms. The third-order valence-corrected chi connectivity index (χ3v) is 3.88. The van der Waals surface area contributed by atoms with Crippen LogP contribution in [0.5, 0.6) is 0 Å². The van der Waals surface area contributed by atoms with Gasteiger partial charge < -0.3 is 10.2 Å². The van der Waals surface area contributed by atoms with Crippen LogP contribution in [-0.2, 0) is 4.79 Å². The Labute approximate surface area is 115 Å². The van der Waals surface area contributed by atoms with Crippen LogP contribution in [0.3, 0.4) is 0 Å². The van der Waals surface area contributed by atoms with Gasteiger partial charge in [0, 0.05) is 19.6 Å². The van der Waals surface area contributed by atoms with Crippen molar-refractivity contribution in [3.8, 4) is 12.1 Å². The minimum absolute atomic E-state index is 0.104. The van der Waals surface area contributed by atoms with Gasteiger partial charge in [-0.15, -0.1) is 0 Å². The number of nitrogens with one attached hydrogen (secondary N) is 1. The zero-order chi connectivity index (χ0) is 14.1. The van der Waals surface area contributed by atoms with Gasteiger partial charge in [0.25, 0.3) is 0 Å². The molecule has 1 atom stereocenters. The molecule has 0 radical (unpaired) electrons. The number of hydrogen-bond donors (Lipinski definition) is 1. The molecule has 1 N–H and O–H groups in total. The molecule has 5 nitrogen and oxygen atoms in total. The summed E-state index contributed by atoms with van der Waals surface area (Å²) in [6, 6.07) is 4.14. The molecule has 19 heavy (non-hydrogen) atoms. The molecule has 104 valence electrons. The van der Waals surface area contributed by atoms with Crippen molar-refractivity contribution in [3.05, 3.63) is 0 Å². The van der Waals surface area contributed by atoms with E-state index < -0.39 is 0 Å². The first-order valence-corrected chi connectivity index (χ1v) is 6.94. The quantitative estimate of drug-likeness (QED) is 0.785. The maximum Gasteiger partial charge on any atom is 0.230 e. The van der Waals surface area contributed by atoms with Crippen molar-refractivity contribution in [1.82, 2.24) is 10.2 Å². The number of carbonyl (C=O) groups is 1. The second kappa shape index (κ2) is 7.76. The second-order valence-electron chi connectivity index (χ2n) is 5.02. The minimum Gasteiger partial charge on any atom is -0.340 e. The highest BCUT2D eigenvalue weighted by atomic mass is 16.2. The number of amides is 1. The van der Waals surface area contributed by atoms with E-state index in [-0.39, 0.29) is 11.3 Å². The third-order valence-electron chi connectivity index (χ3n) is 3.88. The number of hydrogen-bond acceptors (Lipinski definition) is 4. The fraction of sp³-hybridized carbons (Fsp3) is 0.786. The van der Waals surface area contributed by atoms with Crippen LogP contribution in [0.1, 0.15) is 39.0 Å². The minimum atomic E-state index is -0.344. The van der Waals surface area contributed by atoms with Gasteiger partial charge in [0.05, 0.1) is 30.4 Å². The van der Waals surface area contributed by atoms with E-state index in [0.717, 1.165) is 25.8 Å². The Morgan fingerprint density at radius 1 is 1.32 bits per heavy atom. The van der Waals surface area contributed by atoms with Gasteiger partial charge in [0.2, 0.25) is 5.91 Å². The number of nitrogens with zero attached hydrogens (tertiary/aromatic N) is 3. The van der Waals surface area contributed by atoms with Crippen molar-refractivity contribution in [3.63, 3.8) is 0 Å². The number of carbonyl (C=O) groups excluding carboxylic acids is 1. The molecule has 1 unspecified atom stereocenters. The smallest absolute Gasteiger partial charge is 0.230 e. The van der Waals surface area contributed by atoms with Crippen LogP contribution in [0.2, 0.25) is 0 Å². The molecule has 1 aliphatic heterocycles. The molecule has 0 aromatic carbocycles. The Hall–Kier alpha value is -1.59. The van der Waals surface area contributed by atoms with E-state index in [1.54, 1.807) is 4.90 Å². The van der Waals surface area contributed by atoms with Crippen LogP contribution in [0.4, 0.5) is 0 Å². The van der Waals surface area contributed by atoms with E-state index in [9.17, 15) is 4.79 Å². The topological polar surface area (TPSA) is 79.9 Å². The molecule has 0 aliphatic carbocycles. The summed E-state index contributed by atoms with van der Waals surface area (Å²) in [6.45, 7) is 4.57. The molecule has 1 aliphatic rings. The van der Waals surface area contributed by atoms with Crippen molar-refractivity contribution in [2.75, 3.05) is 26.2 Å². The van der Waals surface area contributed by atoms with Gasteiger partial charge in [0.15, 0.2) is 0 Å². The Bertz CT molecular complexity index is 356. The highest BCUT2D eigenvalue weighted by molar-refractivity contribution is 5.83. The average Bonchev–Trinajstić information content (AvgIpc) is 2.47. The fourth-order valence-electron chi connectivity index (χ4n) is 2.62. The Morgan fingerprint density at radius 2 is 1.95 bits per heavy atom. The molecule has 0 aromatic heterocycles. The van der Waals surface area contributed by atoms with Gasteiger partial charge in [0.1, 0.15) is 0 Å². The summed E-state index contributed by atoms with van der Waals surface area (Å²) in [7, 11) is 0. The van der Waals surface area contributed by atoms with E-state index in [0.29, 0.717) is 32.5 Å². The molecule has 0 spiro atoms. The van der Waals surface area contributed by atoms with Gasteiger partial charge in [-0.25, -0.2) is 0 Å². The molecule has 5 heteroatoms. The monoisotopic (exact) mass is 262 g/mol. The lowest BCUT2D eigenvalue weighted by atomic mass is 9.77. The zero-order valence-electron chi connectivity index (χ0n) is 11.6. The average molecular weight is 262 g/mol. The molecular weight excluding hydrogens is 240 g/mol. The highest BCUT2D eigenvalue weighted by Gasteiger charge is 2.40. The molecule has 1 saturated heterocycles. The Kier molecular flexibility index (Phi) is 6.32. The van der Waals surface area contributed by atoms with Gasteiger partial charge in [-0.2, -0.15) is 10.5 Å². The Balaban J connectivity index is 2.77.